The summed E-state index contributed by atoms with van der Waals surface area (Å²) in [5, 5.41) is 30.5. The van der Waals surface area contributed by atoms with Gasteiger partial charge in [0.2, 0.25) is 0 Å². The van der Waals surface area contributed by atoms with E-state index in [1.54, 1.807) is 20.8 Å². The molecule has 3 unspecified atom stereocenters. The van der Waals surface area contributed by atoms with Gasteiger partial charge < -0.3 is 24.6 Å². The highest BCUT2D eigenvalue weighted by Crippen LogP contribution is 2.22. The minimum absolute atomic E-state index is 0.184. The van der Waals surface area contributed by atoms with Crippen molar-refractivity contribution < 1.29 is 34.2 Å². The van der Waals surface area contributed by atoms with Crippen molar-refractivity contribution in [1.29, 1.82) is 0 Å². The Kier molecular flexibility index (Phi) is 20.0. The van der Waals surface area contributed by atoms with E-state index in [2.05, 4.69) is 19.1 Å². The number of quaternary nitrogens is 1. The molecule has 0 rings (SSSR count). The molecule has 0 aromatic rings. The number of hydrogen-bond donors (Lipinski definition) is 2. The highest BCUT2D eigenvalue weighted by atomic mass is 16.4. The number of rotatable bonds is 25. The van der Waals surface area contributed by atoms with E-state index >= 15 is 0 Å². The van der Waals surface area contributed by atoms with Gasteiger partial charge in [-0.2, -0.15) is 0 Å². The van der Waals surface area contributed by atoms with Crippen LogP contribution in [0.15, 0.2) is 12.2 Å². The summed E-state index contributed by atoms with van der Waals surface area (Å²) in [7, 11) is 0. The summed E-state index contributed by atoms with van der Waals surface area (Å²) in [4.78, 5) is 34.6. The van der Waals surface area contributed by atoms with Crippen molar-refractivity contribution in [1.82, 2.24) is 0 Å². The number of aliphatic carboxylic acids is 3. The largest absolute Gasteiger partial charge is 0.550 e. The molecule has 216 valence electrons. The third kappa shape index (κ3) is 18.1. The van der Waals surface area contributed by atoms with Crippen LogP contribution in [0.5, 0.6) is 0 Å². The average Bonchev–Trinajstić information content (AvgIpc) is 2.83. The number of hydrogen-bond acceptors (Lipinski definition) is 4. The lowest BCUT2D eigenvalue weighted by molar-refractivity contribution is -0.934. The summed E-state index contributed by atoms with van der Waals surface area (Å²) in [6.45, 7) is 8.20. The molecule has 7 nitrogen and oxygen atoms in total. The third-order valence-corrected chi connectivity index (χ3v) is 7.37. The van der Waals surface area contributed by atoms with Gasteiger partial charge in [0.1, 0.15) is 11.8 Å². The van der Waals surface area contributed by atoms with Gasteiger partial charge in [-0.25, -0.2) is 0 Å². The van der Waals surface area contributed by atoms with Crippen LogP contribution in [0.2, 0.25) is 0 Å². The van der Waals surface area contributed by atoms with Crippen LogP contribution in [0.4, 0.5) is 0 Å². The predicted octanol–water partition coefficient (Wildman–Crippen LogP) is 5.67. The summed E-state index contributed by atoms with van der Waals surface area (Å²) in [5.74, 6) is -5.24. The van der Waals surface area contributed by atoms with Gasteiger partial charge in [0.05, 0.1) is 26.2 Å². The lowest BCUT2D eigenvalue weighted by Crippen LogP contribution is -2.58. The minimum atomic E-state index is -1.18. The van der Waals surface area contributed by atoms with Crippen molar-refractivity contribution in [3.63, 3.8) is 0 Å². The van der Waals surface area contributed by atoms with E-state index in [4.69, 9.17) is 0 Å². The van der Waals surface area contributed by atoms with Gasteiger partial charge >= 0.3 is 11.9 Å². The molecular weight excluding hydrogens is 470 g/mol. The number of nitrogens with zero attached hydrogens (tertiary/aromatic N) is 1. The van der Waals surface area contributed by atoms with Gasteiger partial charge in [-0.3, -0.25) is 9.59 Å². The standard InChI is InChI=1S/C30H55NO6/c1-5-6-7-8-9-10-11-12-13-14-15-16-17-18-19-20-21-31(22-25(2)28(32)33,23-26(3)29(34)35)24-27(4)30(36)37/h8-9,25-27H,5-7,10-24H2,1-4H3,(H2-,32,33,34,35,36,37)/b9-8+. The molecule has 0 radical (unpaired) electrons. The van der Waals surface area contributed by atoms with Crippen LogP contribution in [0.3, 0.4) is 0 Å². The van der Waals surface area contributed by atoms with Crippen LogP contribution in [0.1, 0.15) is 118 Å². The monoisotopic (exact) mass is 525 g/mol. The molecule has 0 spiro atoms. The smallest absolute Gasteiger partial charge is 0.311 e. The second kappa shape index (κ2) is 21.1. The molecule has 0 aliphatic heterocycles. The molecular formula is C30H55NO6. The fourth-order valence-corrected chi connectivity index (χ4v) is 5.15. The van der Waals surface area contributed by atoms with Crippen LogP contribution in [-0.2, 0) is 14.4 Å². The van der Waals surface area contributed by atoms with Crippen LogP contribution in [0.25, 0.3) is 0 Å². The van der Waals surface area contributed by atoms with Gasteiger partial charge in [0.15, 0.2) is 0 Å². The molecule has 0 aliphatic carbocycles. The SMILES string of the molecule is CCCC/C=C/CCCCCCCCCCCC[N+](CC(C)C(=O)[O-])(CC(C)C(=O)O)CC(C)C(=O)O. The number of carbonyl (C=O) groups is 3. The number of carbonyl (C=O) groups excluding carboxylic acids is 1. The molecule has 0 aromatic heterocycles. The Morgan fingerprint density at radius 3 is 1.43 bits per heavy atom. The summed E-state index contributed by atoms with van der Waals surface area (Å²) < 4.78 is 0.184. The Labute approximate surface area is 225 Å². The second-order valence-corrected chi connectivity index (χ2v) is 11.2. The van der Waals surface area contributed by atoms with Crippen molar-refractivity contribution >= 4 is 17.9 Å². The zero-order valence-electron chi connectivity index (χ0n) is 24.1. The van der Waals surface area contributed by atoms with Crippen LogP contribution >= 0.6 is 0 Å². The topological polar surface area (TPSA) is 115 Å². The number of unbranched alkanes of at least 4 members (excludes halogenated alkanes) is 12. The zero-order valence-corrected chi connectivity index (χ0v) is 24.1. The normalized spacial score (nSPS) is 15.8. The molecule has 3 atom stereocenters. The van der Waals surface area contributed by atoms with Gasteiger partial charge in [-0.05, 0) is 46.0 Å². The molecule has 0 heterocycles. The first-order valence-corrected chi connectivity index (χ1v) is 14.7. The molecule has 0 saturated heterocycles. The van der Waals surface area contributed by atoms with Gasteiger partial charge in [0, 0.05) is 11.9 Å². The first-order chi connectivity index (χ1) is 17.5. The number of carboxylic acid groups (broad SMARTS) is 3. The Bertz CT molecular complexity index is 607. The maximum atomic E-state index is 11.6. The lowest BCUT2D eigenvalue weighted by Gasteiger charge is -2.43. The quantitative estimate of drug-likeness (QED) is 0.0902. The molecule has 0 aromatic carbocycles. The molecule has 0 saturated carbocycles. The van der Waals surface area contributed by atoms with Gasteiger partial charge in [-0.1, -0.05) is 83.8 Å². The van der Waals surface area contributed by atoms with Crippen molar-refractivity contribution in [3.05, 3.63) is 12.2 Å². The molecule has 0 amide bonds. The Morgan fingerprint density at radius 1 is 0.649 bits per heavy atom. The molecule has 0 aliphatic rings. The van der Waals surface area contributed by atoms with Crippen LogP contribution in [-0.4, -0.2) is 58.8 Å². The summed E-state index contributed by atoms with van der Waals surface area (Å²) in [6, 6.07) is 0. The maximum Gasteiger partial charge on any atom is 0.311 e. The Balaban J connectivity index is 4.50. The average molecular weight is 526 g/mol. The fraction of sp³-hybridized carbons (Fsp3) is 0.833. The minimum Gasteiger partial charge on any atom is -0.550 e. The number of carboxylic acids is 3. The molecule has 0 fully saturated rings. The van der Waals surface area contributed by atoms with E-state index in [0.717, 1.165) is 25.7 Å². The van der Waals surface area contributed by atoms with E-state index in [0.29, 0.717) is 6.54 Å². The first kappa shape index (κ1) is 35.1. The lowest BCUT2D eigenvalue weighted by atomic mass is 10.00. The number of allylic oxidation sites excluding steroid dienone is 2. The Hall–Kier alpha value is -1.89. The molecule has 37 heavy (non-hydrogen) atoms. The van der Waals surface area contributed by atoms with E-state index in [1.807, 2.05) is 0 Å². The van der Waals surface area contributed by atoms with E-state index < -0.39 is 35.7 Å². The summed E-state index contributed by atoms with van der Waals surface area (Å²) >= 11 is 0. The third-order valence-electron chi connectivity index (χ3n) is 7.37. The first-order valence-electron chi connectivity index (χ1n) is 14.7. The van der Waals surface area contributed by atoms with Crippen LogP contribution < -0.4 is 5.11 Å². The van der Waals surface area contributed by atoms with E-state index in [1.165, 1.54) is 64.2 Å². The zero-order chi connectivity index (χ0) is 28.1. The van der Waals surface area contributed by atoms with E-state index in [-0.39, 0.29) is 24.1 Å². The van der Waals surface area contributed by atoms with Crippen molar-refractivity contribution in [2.75, 3.05) is 26.2 Å². The van der Waals surface area contributed by atoms with Gasteiger partial charge in [-0.15, -0.1) is 0 Å². The predicted molar refractivity (Wildman–Crippen MR) is 147 cm³/mol. The Morgan fingerprint density at radius 2 is 1.03 bits per heavy atom. The summed E-state index contributed by atoms with van der Waals surface area (Å²) in [6.07, 6.45) is 21.2. The van der Waals surface area contributed by atoms with Crippen molar-refractivity contribution in [2.45, 2.75) is 118 Å². The second-order valence-electron chi connectivity index (χ2n) is 11.2. The molecule has 7 heteroatoms. The van der Waals surface area contributed by atoms with Crippen molar-refractivity contribution in [3.8, 4) is 0 Å². The highest BCUT2D eigenvalue weighted by Gasteiger charge is 2.36. The maximum absolute atomic E-state index is 11.6. The van der Waals surface area contributed by atoms with E-state index in [9.17, 15) is 29.7 Å². The van der Waals surface area contributed by atoms with Gasteiger partial charge in [0.25, 0.3) is 0 Å². The highest BCUT2D eigenvalue weighted by molar-refractivity contribution is 5.70. The molecule has 0 bridgehead atoms. The summed E-state index contributed by atoms with van der Waals surface area (Å²) in [5.41, 5.74) is 0. The molecule has 2 N–H and O–H groups in total. The van der Waals surface area contributed by atoms with Crippen molar-refractivity contribution in [2.24, 2.45) is 17.8 Å². The van der Waals surface area contributed by atoms with Crippen LogP contribution in [0, 0.1) is 17.8 Å². The fourth-order valence-electron chi connectivity index (χ4n) is 5.15.